The van der Waals surface area contributed by atoms with Gasteiger partial charge in [-0.05, 0) is 18.1 Å². The minimum absolute atomic E-state index is 0.144. The molecule has 0 saturated carbocycles. The van der Waals surface area contributed by atoms with Gasteiger partial charge >= 0.3 is 0 Å². The normalized spacial score (nSPS) is 23.3. The number of amides is 2. The van der Waals surface area contributed by atoms with Crippen molar-refractivity contribution in [2.45, 2.75) is 44.4 Å². The van der Waals surface area contributed by atoms with Crippen LogP contribution in [0.1, 0.15) is 25.3 Å². The van der Waals surface area contributed by atoms with Gasteiger partial charge in [0.25, 0.3) is 0 Å². The van der Waals surface area contributed by atoms with Crippen molar-refractivity contribution in [2.75, 3.05) is 13.2 Å². The maximum absolute atomic E-state index is 12.8. The third kappa shape index (κ3) is 4.27. The van der Waals surface area contributed by atoms with Crippen molar-refractivity contribution >= 4 is 11.8 Å². The van der Waals surface area contributed by atoms with Crippen molar-refractivity contribution in [3.8, 4) is 0 Å². The predicted octanol–water partition coefficient (Wildman–Crippen LogP) is -0.388. The quantitative estimate of drug-likeness (QED) is 0.613. The van der Waals surface area contributed by atoms with Crippen LogP contribution in [0, 0.1) is 5.95 Å². The highest BCUT2D eigenvalue weighted by Crippen LogP contribution is 2.20. The van der Waals surface area contributed by atoms with Gasteiger partial charge in [0.1, 0.15) is 0 Å². The summed E-state index contributed by atoms with van der Waals surface area (Å²) < 4.78 is 12.8. The Morgan fingerprint density at radius 1 is 1.46 bits per heavy atom. The minimum atomic E-state index is -1.01. The number of pyridine rings is 1. The second-order valence-electron chi connectivity index (χ2n) is 5.80. The Labute approximate surface area is 139 Å². The zero-order valence-corrected chi connectivity index (χ0v) is 13.5. The number of aliphatic hydroxyl groups is 2. The zero-order valence-electron chi connectivity index (χ0n) is 13.5. The molecule has 7 nitrogen and oxygen atoms in total. The lowest BCUT2D eigenvalue weighted by Crippen LogP contribution is -2.45. The third-order valence-corrected chi connectivity index (χ3v) is 4.19. The maximum atomic E-state index is 12.8. The summed E-state index contributed by atoms with van der Waals surface area (Å²) in [6, 6.07) is 1.45. The van der Waals surface area contributed by atoms with Gasteiger partial charge in [0.15, 0.2) is 0 Å². The molecule has 1 unspecified atom stereocenters. The van der Waals surface area contributed by atoms with Crippen LogP contribution in [0.5, 0.6) is 0 Å². The fourth-order valence-corrected chi connectivity index (χ4v) is 2.79. The van der Waals surface area contributed by atoms with Gasteiger partial charge in [-0.2, -0.15) is 4.39 Å². The van der Waals surface area contributed by atoms with E-state index >= 15 is 0 Å². The third-order valence-electron chi connectivity index (χ3n) is 4.19. The number of aliphatic hydroxyl groups excluding tert-OH is 2. The predicted molar refractivity (Wildman–Crippen MR) is 83.3 cm³/mol. The second kappa shape index (κ2) is 8.16. The molecule has 2 heterocycles. The summed E-state index contributed by atoms with van der Waals surface area (Å²) in [6.45, 7) is 1.46. The van der Waals surface area contributed by atoms with E-state index in [-0.39, 0.29) is 37.8 Å². The molecule has 1 aliphatic heterocycles. The number of hydrogen-bond acceptors (Lipinski definition) is 5. The Bertz CT molecular complexity index is 581. The first kappa shape index (κ1) is 18.3. The van der Waals surface area contributed by atoms with Gasteiger partial charge in [-0.25, -0.2) is 4.98 Å². The highest BCUT2D eigenvalue weighted by molar-refractivity contribution is 5.78. The molecule has 0 aliphatic carbocycles. The van der Waals surface area contributed by atoms with E-state index in [1.54, 1.807) is 13.0 Å². The zero-order chi connectivity index (χ0) is 17.7. The summed E-state index contributed by atoms with van der Waals surface area (Å²) in [5.74, 6) is -1.05. The molecule has 1 aromatic heterocycles. The van der Waals surface area contributed by atoms with E-state index in [0.717, 1.165) is 5.56 Å². The first-order valence-corrected chi connectivity index (χ1v) is 7.94. The number of aryl methyl sites for hydroxylation is 1. The molecule has 1 saturated heterocycles. The first-order valence-electron chi connectivity index (χ1n) is 7.94. The maximum Gasteiger partial charge on any atom is 0.223 e. The molecule has 0 bridgehead atoms. The highest BCUT2D eigenvalue weighted by atomic mass is 19.1. The van der Waals surface area contributed by atoms with Crippen LogP contribution in [0.3, 0.4) is 0 Å². The van der Waals surface area contributed by atoms with Crippen LogP contribution in [0.25, 0.3) is 0 Å². The molecular formula is C16H22FN3O4. The number of aromatic nitrogens is 1. The Morgan fingerprint density at radius 3 is 2.79 bits per heavy atom. The van der Waals surface area contributed by atoms with Crippen LogP contribution in [0.15, 0.2) is 18.3 Å². The lowest BCUT2D eigenvalue weighted by Gasteiger charge is -2.24. The summed E-state index contributed by atoms with van der Waals surface area (Å²) in [7, 11) is 0. The smallest absolute Gasteiger partial charge is 0.223 e. The molecule has 1 aliphatic rings. The van der Waals surface area contributed by atoms with Crippen molar-refractivity contribution in [1.29, 1.82) is 0 Å². The highest BCUT2D eigenvalue weighted by Gasteiger charge is 2.42. The summed E-state index contributed by atoms with van der Waals surface area (Å²) in [6.07, 6.45) is 1.16. The molecule has 0 radical (unpaired) electrons. The average Bonchev–Trinajstić information content (AvgIpc) is 2.89. The number of carbonyl (C=O) groups is 2. The summed E-state index contributed by atoms with van der Waals surface area (Å²) in [4.78, 5) is 28.8. The molecular weight excluding hydrogens is 317 g/mol. The molecule has 8 heteroatoms. The minimum Gasteiger partial charge on any atom is -0.394 e. The van der Waals surface area contributed by atoms with Gasteiger partial charge in [-0.3, -0.25) is 9.59 Å². The monoisotopic (exact) mass is 339 g/mol. The fraction of sp³-hybridized carbons (Fsp3) is 0.562. The van der Waals surface area contributed by atoms with Crippen LogP contribution in [0.4, 0.5) is 4.39 Å². The number of likely N-dealkylation sites (tertiary alicyclic amines) is 1. The van der Waals surface area contributed by atoms with Crippen molar-refractivity contribution in [3.63, 3.8) is 0 Å². The van der Waals surface area contributed by atoms with Gasteiger partial charge in [0, 0.05) is 25.6 Å². The number of nitrogens with one attached hydrogen (secondary N) is 1. The van der Waals surface area contributed by atoms with E-state index in [0.29, 0.717) is 6.42 Å². The van der Waals surface area contributed by atoms with Gasteiger partial charge in [0.05, 0.1) is 24.8 Å². The van der Waals surface area contributed by atoms with Crippen LogP contribution in [0.2, 0.25) is 0 Å². The van der Waals surface area contributed by atoms with E-state index in [1.165, 1.54) is 17.2 Å². The van der Waals surface area contributed by atoms with E-state index < -0.39 is 24.1 Å². The lowest BCUT2D eigenvalue weighted by atomic mass is 10.1. The molecule has 3 N–H and O–H groups in total. The van der Waals surface area contributed by atoms with Crippen LogP contribution in [-0.4, -0.2) is 63.3 Å². The van der Waals surface area contributed by atoms with Gasteiger partial charge in [0.2, 0.25) is 17.8 Å². The summed E-state index contributed by atoms with van der Waals surface area (Å²) in [5.41, 5.74) is 0.723. The summed E-state index contributed by atoms with van der Waals surface area (Å²) in [5, 5.41) is 22.3. The van der Waals surface area contributed by atoms with Gasteiger partial charge < -0.3 is 20.4 Å². The van der Waals surface area contributed by atoms with Crippen LogP contribution < -0.4 is 5.32 Å². The Hall–Kier alpha value is -2.06. The Balaban J connectivity index is 1.96. The van der Waals surface area contributed by atoms with Crippen molar-refractivity contribution in [2.24, 2.45) is 0 Å². The van der Waals surface area contributed by atoms with E-state index in [4.69, 9.17) is 0 Å². The molecule has 3 atom stereocenters. The van der Waals surface area contributed by atoms with Gasteiger partial charge in [-0.15, -0.1) is 0 Å². The number of carbonyl (C=O) groups excluding carboxylic acids is 2. The molecule has 1 fully saturated rings. The average molecular weight is 339 g/mol. The van der Waals surface area contributed by atoms with Crippen LogP contribution in [-0.2, 0) is 16.0 Å². The number of hydrogen-bond donors (Lipinski definition) is 3. The molecule has 132 valence electrons. The SMILES string of the molecule is CCC(=O)NC1CN(C(=O)CCc2ccc(F)nc2)[C@@H](CO)[C@@H]1O. The summed E-state index contributed by atoms with van der Waals surface area (Å²) >= 11 is 0. The van der Waals surface area contributed by atoms with E-state index in [2.05, 4.69) is 10.3 Å². The number of rotatable bonds is 6. The molecule has 1 aromatic rings. The largest absolute Gasteiger partial charge is 0.394 e. The van der Waals surface area contributed by atoms with E-state index in [1.807, 2.05) is 0 Å². The molecule has 2 amide bonds. The second-order valence-corrected chi connectivity index (χ2v) is 5.80. The van der Waals surface area contributed by atoms with Crippen molar-refractivity contribution < 1.29 is 24.2 Å². The Morgan fingerprint density at radius 2 is 2.21 bits per heavy atom. The molecule has 24 heavy (non-hydrogen) atoms. The standard InChI is InChI=1S/C16H22FN3O4/c1-2-14(22)19-11-8-20(12(9-21)16(11)24)15(23)6-4-10-3-5-13(17)18-7-10/h3,5,7,11-12,16,21,24H,2,4,6,8-9H2,1H3,(H,19,22)/t11?,12-,16+/m0/s1. The Kier molecular flexibility index (Phi) is 6.22. The topological polar surface area (TPSA) is 103 Å². The van der Waals surface area contributed by atoms with Crippen molar-refractivity contribution in [3.05, 3.63) is 29.8 Å². The molecule has 2 rings (SSSR count). The first-order chi connectivity index (χ1) is 11.5. The number of nitrogens with zero attached hydrogens (tertiary/aromatic N) is 2. The van der Waals surface area contributed by atoms with E-state index in [9.17, 15) is 24.2 Å². The number of halogens is 1. The molecule has 0 aromatic carbocycles. The molecule has 0 spiro atoms. The lowest BCUT2D eigenvalue weighted by molar-refractivity contribution is -0.133. The van der Waals surface area contributed by atoms with Gasteiger partial charge in [-0.1, -0.05) is 13.0 Å². The van der Waals surface area contributed by atoms with Crippen molar-refractivity contribution in [1.82, 2.24) is 15.2 Å². The fourth-order valence-electron chi connectivity index (χ4n) is 2.79. The van der Waals surface area contributed by atoms with Crippen LogP contribution >= 0.6 is 0 Å².